The topological polar surface area (TPSA) is 92.6 Å². The van der Waals surface area contributed by atoms with Crippen molar-refractivity contribution in [2.24, 2.45) is 0 Å². The van der Waals surface area contributed by atoms with Crippen molar-refractivity contribution < 1.29 is 23.8 Å². The lowest BCUT2D eigenvalue weighted by Gasteiger charge is -2.23. The maximum absolute atomic E-state index is 13.6. The molecule has 1 aliphatic heterocycles. The van der Waals surface area contributed by atoms with Gasteiger partial charge in [0.1, 0.15) is 23.1 Å². The van der Waals surface area contributed by atoms with Crippen LogP contribution >= 0.6 is 39.0 Å². The summed E-state index contributed by atoms with van der Waals surface area (Å²) < 4.78 is 20.7. The predicted octanol–water partition coefficient (Wildman–Crippen LogP) is 8.15. The first-order valence-corrected chi connectivity index (χ1v) is 15.6. The third kappa shape index (κ3) is 6.24. The third-order valence-electron chi connectivity index (χ3n) is 6.59. The second-order valence-electron chi connectivity index (χ2n) is 9.43. The van der Waals surface area contributed by atoms with E-state index in [1.54, 1.807) is 60.7 Å². The molecule has 7 nitrogen and oxygen atoms in total. The smallest absolute Gasteiger partial charge is 0.301 e. The summed E-state index contributed by atoms with van der Waals surface area (Å²) >= 11 is 5.92. The summed E-state index contributed by atoms with van der Waals surface area (Å²) in [6.07, 6.45) is 0. The molecule has 0 aliphatic carbocycles. The van der Waals surface area contributed by atoms with Gasteiger partial charge >= 0.3 is 5.91 Å². The van der Waals surface area contributed by atoms with Gasteiger partial charge in [-0.3, -0.25) is 14.5 Å². The number of aliphatic hydroxyl groups excluding tert-OH is 1. The molecule has 1 aliphatic rings. The Kier molecular flexibility index (Phi) is 8.37. The molecule has 1 unspecified atom stereocenters. The Bertz CT molecular complexity index is 1830. The summed E-state index contributed by atoms with van der Waals surface area (Å²) in [5.74, 6) is -0.660. The van der Waals surface area contributed by atoms with E-state index in [1.807, 2.05) is 30.3 Å². The standard InChI is InChI=1S/C32H21BrFN3O4S2/c33-22-13-11-20(12-14-22)28(38)26-27(21-5-4-8-25(17-21)41-24-6-2-1-3-7-24)37(30(40)29(26)39)31-35-36-32(43-31)42-18-19-9-15-23(34)16-10-19/h1-17,27,38H,18H2/b28-26-. The highest BCUT2D eigenvalue weighted by atomic mass is 79.9. The van der Waals surface area contributed by atoms with Crippen LogP contribution in [0.5, 0.6) is 11.5 Å². The van der Waals surface area contributed by atoms with Gasteiger partial charge < -0.3 is 9.84 Å². The zero-order valence-electron chi connectivity index (χ0n) is 22.2. The van der Waals surface area contributed by atoms with Crippen LogP contribution in [0, 0.1) is 5.82 Å². The zero-order valence-corrected chi connectivity index (χ0v) is 25.4. The average Bonchev–Trinajstić information content (AvgIpc) is 3.59. The Hall–Kier alpha value is -4.32. The van der Waals surface area contributed by atoms with Gasteiger partial charge in [0.25, 0.3) is 5.78 Å². The number of thioether (sulfide) groups is 1. The fourth-order valence-corrected chi connectivity index (χ4v) is 6.65. The predicted molar refractivity (Wildman–Crippen MR) is 168 cm³/mol. The van der Waals surface area contributed by atoms with Gasteiger partial charge in [-0.1, -0.05) is 93.6 Å². The molecular formula is C32H21BrFN3O4S2. The summed E-state index contributed by atoms with van der Waals surface area (Å²) in [6, 6.07) is 28.2. The number of hydrogen-bond acceptors (Lipinski definition) is 8. The molecule has 43 heavy (non-hydrogen) atoms. The van der Waals surface area contributed by atoms with E-state index in [0.717, 1.165) is 21.4 Å². The number of rotatable bonds is 8. The number of benzene rings is 4. The monoisotopic (exact) mass is 673 g/mol. The minimum Gasteiger partial charge on any atom is -0.507 e. The van der Waals surface area contributed by atoms with Crippen LogP contribution in [0.1, 0.15) is 22.7 Å². The molecule has 5 aromatic rings. The van der Waals surface area contributed by atoms with Gasteiger partial charge in [-0.25, -0.2) is 4.39 Å². The maximum Gasteiger partial charge on any atom is 0.301 e. The molecule has 1 saturated heterocycles. The van der Waals surface area contributed by atoms with Gasteiger partial charge in [0.05, 0.1) is 11.6 Å². The molecule has 0 bridgehead atoms. The van der Waals surface area contributed by atoms with Crippen molar-refractivity contribution in [3.05, 3.63) is 136 Å². The van der Waals surface area contributed by atoms with E-state index in [0.29, 0.717) is 32.7 Å². The molecule has 1 amide bonds. The van der Waals surface area contributed by atoms with E-state index >= 15 is 0 Å². The molecule has 6 rings (SSSR count). The molecule has 1 N–H and O–H groups in total. The Morgan fingerprint density at radius 2 is 1.65 bits per heavy atom. The number of Topliss-reactive ketones (excluding diaryl/α,β-unsaturated/α-hetero) is 1. The Morgan fingerprint density at radius 1 is 0.930 bits per heavy atom. The highest BCUT2D eigenvalue weighted by Crippen LogP contribution is 2.45. The summed E-state index contributed by atoms with van der Waals surface area (Å²) in [4.78, 5) is 28.4. The number of halogens is 2. The van der Waals surface area contributed by atoms with Gasteiger partial charge in [-0.05, 0) is 59.7 Å². The number of aromatic nitrogens is 2. The first kappa shape index (κ1) is 28.8. The molecule has 1 atom stereocenters. The molecule has 4 aromatic carbocycles. The quantitative estimate of drug-likeness (QED) is 0.0584. The van der Waals surface area contributed by atoms with Crippen LogP contribution in [0.3, 0.4) is 0 Å². The molecule has 2 heterocycles. The first-order chi connectivity index (χ1) is 20.9. The highest BCUT2D eigenvalue weighted by Gasteiger charge is 2.48. The molecule has 1 fully saturated rings. The molecule has 0 spiro atoms. The van der Waals surface area contributed by atoms with Gasteiger partial charge in [-0.2, -0.15) is 0 Å². The van der Waals surface area contributed by atoms with Gasteiger partial charge in [-0.15, -0.1) is 10.2 Å². The van der Waals surface area contributed by atoms with Crippen LogP contribution in [0.4, 0.5) is 9.52 Å². The minimum atomic E-state index is -0.995. The van der Waals surface area contributed by atoms with Crippen LogP contribution in [-0.4, -0.2) is 27.0 Å². The van der Waals surface area contributed by atoms with Crippen molar-refractivity contribution >= 4 is 61.6 Å². The second kappa shape index (κ2) is 12.5. The molecule has 214 valence electrons. The summed E-state index contributed by atoms with van der Waals surface area (Å²) in [5, 5.41) is 20.1. The largest absolute Gasteiger partial charge is 0.507 e. The van der Waals surface area contributed by atoms with E-state index in [1.165, 1.54) is 28.8 Å². The molecule has 1 aromatic heterocycles. The number of anilines is 1. The summed E-state index contributed by atoms with van der Waals surface area (Å²) in [6.45, 7) is 0. The van der Waals surface area contributed by atoms with Gasteiger partial charge in [0.15, 0.2) is 4.34 Å². The molecule has 0 saturated carbocycles. The summed E-state index contributed by atoms with van der Waals surface area (Å²) in [7, 11) is 0. The fraction of sp³-hybridized carbons (Fsp3) is 0.0625. The van der Waals surface area contributed by atoms with E-state index in [4.69, 9.17) is 4.74 Å². The lowest BCUT2D eigenvalue weighted by atomic mass is 9.95. The van der Waals surface area contributed by atoms with Crippen LogP contribution in [0.2, 0.25) is 0 Å². The highest BCUT2D eigenvalue weighted by molar-refractivity contribution is 9.10. The fourth-order valence-electron chi connectivity index (χ4n) is 4.57. The van der Waals surface area contributed by atoms with Crippen LogP contribution in [0.15, 0.2) is 118 Å². The van der Waals surface area contributed by atoms with Gasteiger partial charge in [0.2, 0.25) is 5.13 Å². The van der Waals surface area contributed by atoms with Crippen molar-refractivity contribution in [1.29, 1.82) is 0 Å². The van der Waals surface area contributed by atoms with Crippen LogP contribution < -0.4 is 9.64 Å². The number of carbonyl (C=O) groups excluding carboxylic acids is 2. The van der Waals surface area contributed by atoms with Crippen molar-refractivity contribution in [1.82, 2.24) is 10.2 Å². The Morgan fingerprint density at radius 3 is 2.40 bits per heavy atom. The molecular weight excluding hydrogens is 653 g/mol. The number of nitrogens with zero attached hydrogens (tertiary/aromatic N) is 3. The average molecular weight is 675 g/mol. The van der Waals surface area contributed by atoms with Crippen molar-refractivity contribution in [2.45, 2.75) is 16.1 Å². The number of para-hydroxylation sites is 1. The number of carbonyl (C=O) groups is 2. The van der Waals surface area contributed by atoms with Crippen molar-refractivity contribution in [3.63, 3.8) is 0 Å². The maximum atomic E-state index is 13.6. The Labute approximate surface area is 262 Å². The zero-order chi connectivity index (χ0) is 29.9. The lowest BCUT2D eigenvalue weighted by Crippen LogP contribution is -2.29. The van der Waals surface area contributed by atoms with Crippen molar-refractivity contribution in [2.75, 3.05) is 4.90 Å². The van der Waals surface area contributed by atoms with Crippen LogP contribution in [-0.2, 0) is 15.3 Å². The third-order valence-corrected chi connectivity index (χ3v) is 9.25. The normalized spacial score (nSPS) is 16.0. The Balaban J connectivity index is 1.39. The number of ketones is 1. The van der Waals surface area contributed by atoms with Crippen LogP contribution in [0.25, 0.3) is 5.76 Å². The lowest BCUT2D eigenvalue weighted by molar-refractivity contribution is -0.132. The number of ether oxygens (including phenoxy) is 1. The van der Waals surface area contributed by atoms with Gasteiger partial charge in [0, 0.05) is 15.8 Å². The van der Waals surface area contributed by atoms with E-state index in [-0.39, 0.29) is 22.3 Å². The molecule has 0 radical (unpaired) electrons. The van der Waals surface area contributed by atoms with E-state index in [9.17, 15) is 19.1 Å². The number of amides is 1. The summed E-state index contributed by atoms with van der Waals surface area (Å²) in [5.41, 5.74) is 1.76. The van der Waals surface area contributed by atoms with E-state index < -0.39 is 17.7 Å². The SMILES string of the molecule is O=C1C(=O)N(c2nnc(SCc3ccc(F)cc3)s2)C(c2cccc(Oc3ccccc3)c2)/C1=C(/O)c1ccc(Br)cc1. The van der Waals surface area contributed by atoms with Crippen molar-refractivity contribution in [3.8, 4) is 11.5 Å². The number of aliphatic hydroxyl groups is 1. The number of hydrogen-bond donors (Lipinski definition) is 1. The molecule has 11 heteroatoms. The van der Waals surface area contributed by atoms with E-state index in [2.05, 4.69) is 26.1 Å². The minimum absolute atomic E-state index is 0.0695. The first-order valence-electron chi connectivity index (χ1n) is 13.0. The second-order valence-corrected chi connectivity index (χ2v) is 12.5.